The predicted octanol–water partition coefficient (Wildman–Crippen LogP) is 2.38. The number of alkyl halides is 3. The highest BCUT2D eigenvalue weighted by Crippen LogP contribution is 2.29. The number of nitrogens with zero attached hydrogens (tertiary/aromatic N) is 1. The highest BCUT2D eigenvalue weighted by atomic mass is 19.4. The van der Waals surface area contributed by atoms with Crippen molar-refractivity contribution in [2.45, 2.75) is 19.1 Å². The standard InChI is InChI=1S/C9H11F3N2/c1-6(13-2)7-3-8(5-14-4-7)9(10,11)12/h3-6,13H,1-2H3/t6-/m0/s1. The Labute approximate surface area is 80.2 Å². The van der Waals surface area contributed by atoms with Crippen LogP contribution in [0.2, 0.25) is 0 Å². The zero-order valence-electron chi connectivity index (χ0n) is 7.89. The van der Waals surface area contributed by atoms with Gasteiger partial charge in [-0.15, -0.1) is 0 Å². The van der Waals surface area contributed by atoms with Crippen molar-refractivity contribution in [1.82, 2.24) is 10.3 Å². The van der Waals surface area contributed by atoms with E-state index >= 15 is 0 Å². The Balaban J connectivity index is 3.01. The lowest BCUT2D eigenvalue weighted by Crippen LogP contribution is -2.14. The van der Waals surface area contributed by atoms with Gasteiger partial charge in [0.05, 0.1) is 5.56 Å². The van der Waals surface area contributed by atoms with Crippen LogP contribution in [0.3, 0.4) is 0 Å². The average Bonchev–Trinajstić information content (AvgIpc) is 2.15. The summed E-state index contributed by atoms with van der Waals surface area (Å²) in [5.41, 5.74) is -0.181. The average molecular weight is 204 g/mol. The lowest BCUT2D eigenvalue weighted by atomic mass is 10.1. The molecule has 1 atom stereocenters. The summed E-state index contributed by atoms with van der Waals surface area (Å²) in [5, 5.41) is 2.85. The summed E-state index contributed by atoms with van der Waals surface area (Å²) in [6, 6.07) is 0.971. The zero-order valence-corrected chi connectivity index (χ0v) is 7.89. The molecule has 5 heteroatoms. The molecular weight excluding hydrogens is 193 g/mol. The Kier molecular flexibility index (Phi) is 3.10. The quantitative estimate of drug-likeness (QED) is 0.800. The van der Waals surface area contributed by atoms with Gasteiger partial charge >= 0.3 is 6.18 Å². The Morgan fingerprint density at radius 3 is 2.50 bits per heavy atom. The van der Waals surface area contributed by atoms with Crippen LogP contribution in [0.4, 0.5) is 13.2 Å². The molecule has 1 aromatic rings. The third-order valence-electron chi connectivity index (χ3n) is 2.02. The summed E-state index contributed by atoms with van der Waals surface area (Å²) in [6.07, 6.45) is -2.07. The van der Waals surface area contributed by atoms with Crippen LogP contribution in [-0.4, -0.2) is 12.0 Å². The molecule has 0 saturated heterocycles. The molecule has 1 heterocycles. The molecular formula is C9H11F3N2. The molecule has 0 saturated carbocycles. The summed E-state index contributed by atoms with van der Waals surface area (Å²) in [5.74, 6) is 0. The molecule has 1 N–H and O–H groups in total. The molecule has 2 nitrogen and oxygen atoms in total. The number of hydrogen-bond acceptors (Lipinski definition) is 2. The lowest BCUT2D eigenvalue weighted by molar-refractivity contribution is -0.137. The van der Waals surface area contributed by atoms with Gasteiger partial charge in [0, 0.05) is 18.4 Å². The minimum Gasteiger partial charge on any atom is -0.313 e. The van der Waals surface area contributed by atoms with Crippen LogP contribution in [0, 0.1) is 0 Å². The Morgan fingerprint density at radius 2 is 2.00 bits per heavy atom. The van der Waals surface area contributed by atoms with Crippen molar-refractivity contribution in [1.29, 1.82) is 0 Å². The molecule has 0 spiro atoms. The van der Waals surface area contributed by atoms with E-state index in [2.05, 4.69) is 10.3 Å². The van der Waals surface area contributed by atoms with Crippen molar-refractivity contribution < 1.29 is 13.2 Å². The Bertz CT molecular complexity index is 309. The van der Waals surface area contributed by atoms with E-state index in [-0.39, 0.29) is 6.04 Å². The normalized spacial score (nSPS) is 14.1. The molecule has 1 rings (SSSR count). The van der Waals surface area contributed by atoms with Crippen LogP contribution in [-0.2, 0) is 6.18 Å². The van der Waals surface area contributed by atoms with Crippen molar-refractivity contribution in [3.8, 4) is 0 Å². The maximum absolute atomic E-state index is 12.3. The molecule has 0 amide bonds. The number of nitrogens with one attached hydrogen (secondary N) is 1. The molecule has 0 bridgehead atoms. The molecule has 0 unspecified atom stereocenters. The van der Waals surface area contributed by atoms with E-state index in [9.17, 15) is 13.2 Å². The summed E-state index contributed by atoms with van der Waals surface area (Å²) in [4.78, 5) is 3.56. The van der Waals surface area contributed by atoms with Crippen LogP contribution in [0.15, 0.2) is 18.5 Å². The maximum atomic E-state index is 12.3. The molecule has 0 aliphatic carbocycles. The van der Waals surface area contributed by atoms with Gasteiger partial charge in [0.15, 0.2) is 0 Å². The summed E-state index contributed by atoms with van der Waals surface area (Å²) in [6.45, 7) is 1.77. The van der Waals surface area contributed by atoms with Gasteiger partial charge in [0.2, 0.25) is 0 Å². The Morgan fingerprint density at radius 1 is 1.36 bits per heavy atom. The first-order valence-corrected chi connectivity index (χ1v) is 4.14. The first-order valence-electron chi connectivity index (χ1n) is 4.14. The molecule has 0 radical (unpaired) electrons. The topological polar surface area (TPSA) is 24.9 Å². The minimum absolute atomic E-state index is 0.134. The number of halogens is 3. The van der Waals surface area contributed by atoms with Crippen LogP contribution in [0.1, 0.15) is 24.1 Å². The molecule has 1 aromatic heterocycles. The van der Waals surface area contributed by atoms with E-state index in [1.807, 2.05) is 0 Å². The maximum Gasteiger partial charge on any atom is 0.417 e. The van der Waals surface area contributed by atoms with Gasteiger partial charge in [-0.1, -0.05) is 0 Å². The third-order valence-corrected chi connectivity index (χ3v) is 2.02. The summed E-state index contributed by atoms with van der Waals surface area (Å²) < 4.78 is 36.8. The van der Waals surface area contributed by atoms with Crippen molar-refractivity contribution in [2.75, 3.05) is 7.05 Å². The van der Waals surface area contributed by atoms with Crippen LogP contribution < -0.4 is 5.32 Å². The molecule has 14 heavy (non-hydrogen) atoms. The second-order valence-corrected chi connectivity index (χ2v) is 3.02. The smallest absolute Gasteiger partial charge is 0.313 e. The van der Waals surface area contributed by atoms with Crippen molar-refractivity contribution in [3.63, 3.8) is 0 Å². The molecule has 78 valence electrons. The van der Waals surface area contributed by atoms with E-state index in [0.717, 1.165) is 12.3 Å². The predicted molar refractivity (Wildman–Crippen MR) is 46.7 cm³/mol. The Hall–Kier alpha value is -1.10. The number of aromatic nitrogens is 1. The van der Waals surface area contributed by atoms with E-state index in [1.54, 1.807) is 14.0 Å². The monoisotopic (exact) mass is 204 g/mol. The second-order valence-electron chi connectivity index (χ2n) is 3.02. The van der Waals surface area contributed by atoms with Gasteiger partial charge < -0.3 is 5.32 Å². The van der Waals surface area contributed by atoms with Gasteiger partial charge in [-0.2, -0.15) is 13.2 Å². The van der Waals surface area contributed by atoms with Crippen LogP contribution >= 0.6 is 0 Å². The van der Waals surface area contributed by atoms with Crippen molar-refractivity contribution in [3.05, 3.63) is 29.6 Å². The van der Waals surface area contributed by atoms with Gasteiger partial charge in [0.1, 0.15) is 0 Å². The second kappa shape index (κ2) is 3.96. The van der Waals surface area contributed by atoms with E-state index in [1.165, 1.54) is 6.20 Å². The minimum atomic E-state index is -4.32. The van der Waals surface area contributed by atoms with Crippen molar-refractivity contribution >= 4 is 0 Å². The largest absolute Gasteiger partial charge is 0.417 e. The number of hydrogen-bond donors (Lipinski definition) is 1. The SMILES string of the molecule is CN[C@@H](C)c1cncc(C(F)(F)F)c1. The highest BCUT2D eigenvalue weighted by molar-refractivity contribution is 5.22. The first-order chi connectivity index (χ1) is 6.45. The van der Waals surface area contributed by atoms with E-state index in [0.29, 0.717) is 5.56 Å². The van der Waals surface area contributed by atoms with Gasteiger partial charge in [0.25, 0.3) is 0 Å². The van der Waals surface area contributed by atoms with Crippen LogP contribution in [0.25, 0.3) is 0 Å². The number of pyridine rings is 1. The van der Waals surface area contributed by atoms with Gasteiger partial charge in [-0.05, 0) is 25.6 Å². The van der Waals surface area contributed by atoms with E-state index < -0.39 is 11.7 Å². The number of rotatable bonds is 2. The summed E-state index contributed by atoms with van der Waals surface area (Å²) in [7, 11) is 1.69. The lowest BCUT2D eigenvalue weighted by Gasteiger charge is -2.12. The van der Waals surface area contributed by atoms with Crippen molar-refractivity contribution in [2.24, 2.45) is 0 Å². The highest BCUT2D eigenvalue weighted by Gasteiger charge is 2.31. The van der Waals surface area contributed by atoms with E-state index in [4.69, 9.17) is 0 Å². The molecule has 0 aliphatic heterocycles. The molecule has 0 fully saturated rings. The third kappa shape index (κ3) is 2.45. The first kappa shape index (κ1) is 11.0. The zero-order chi connectivity index (χ0) is 10.8. The molecule has 0 aliphatic rings. The van der Waals surface area contributed by atoms with Gasteiger partial charge in [-0.25, -0.2) is 0 Å². The fraction of sp³-hybridized carbons (Fsp3) is 0.444. The van der Waals surface area contributed by atoms with Gasteiger partial charge in [-0.3, -0.25) is 4.98 Å². The van der Waals surface area contributed by atoms with Crippen LogP contribution in [0.5, 0.6) is 0 Å². The fourth-order valence-corrected chi connectivity index (χ4v) is 1.02. The molecule has 0 aromatic carbocycles. The summed E-state index contributed by atoms with van der Waals surface area (Å²) >= 11 is 0. The fourth-order valence-electron chi connectivity index (χ4n) is 1.02.